The molecule has 0 aliphatic carbocycles. The lowest BCUT2D eigenvalue weighted by Crippen LogP contribution is -2.22. The first-order valence-corrected chi connectivity index (χ1v) is 6.12. The largest absolute Gasteiger partial charge is 0.497 e. The minimum Gasteiger partial charge on any atom is -0.497 e. The van der Waals surface area contributed by atoms with Crippen LogP contribution in [0.15, 0.2) is 24.3 Å². The van der Waals surface area contributed by atoms with Crippen molar-refractivity contribution in [3.63, 3.8) is 0 Å². The second kappa shape index (κ2) is 7.71. The molecule has 100 valence electrons. The van der Waals surface area contributed by atoms with Crippen LogP contribution < -0.4 is 4.74 Å². The normalized spacial score (nSPS) is 10.4. The van der Waals surface area contributed by atoms with E-state index >= 15 is 0 Å². The van der Waals surface area contributed by atoms with Gasteiger partial charge in [0.05, 0.1) is 20.1 Å². The molecule has 0 fully saturated rings. The van der Waals surface area contributed by atoms with Crippen LogP contribution in [0.4, 0.5) is 0 Å². The molecule has 1 aromatic rings. The summed E-state index contributed by atoms with van der Waals surface area (Å²) in [5.74, 6) is 0.715. The number of esters is 1. The quantitative estimate of drug-likeness (QED) is 0.695. The zero-order chi connectivity index (χ0) is 13.4. The zero-order valence-electron chi connectivity index (χ0n) is 11.3. The van der Waals surface area contributed by atoms with Crippen molar-refractivity contribution in [1.82, 2.24) is 4.90 Å². The van der Waals surface area contributed by atoms with Gasteiger partial charge < -0.3 is 14.4 Å². The van der Waals surface area contributed by atoms with Crippen LogP contribution in [0.3, 0.4) is 0 Å². The number of nitrogens with zero attached hydrogens (tertiary/aromatic N) is 1. The maximum Gasteiger partial charge on any atom is 0.307 e. The molecule has 0 aromatic heterocycles. The molecule has 1 aromatic carbocycles. The Bertz CT molecular complexity index is 362. The molecule has 4 heteroatoms. The predicted molar refractivity (Wildman–Crippen MR) is 70.6 cm³/mol. The highest BCUT2D eigenvalue weighted by Crippen LogP contribution is 2.12. The molecular weight excluding hydrogens is 230 g/mol. The van der Waals surface area contributed by atoms with E-state index in [0.29, 0.717) is 19.6 Å². The van der Waals surface area contributed by atoms with Crippen molar-refractivity contribution in [3.8, 4) is 5.75 Å². The first kappa shape index (κ1) is 14.5. The summed E-state index contributed by atoms with van der Waals surface area (Å²) in [6.07, 6.45) is 0.431. The van der Waals surface area contributed by atoms with Gasteiger partial charge in [0, 0.05) is 13.1 Å². The number of carbonyl (C=O) groups is 1. The Balaban J connectivity index is 2.34. The zero-order valence-corrected chi connectivity index (χ0v) is 11.3. The molecule has 0 aliphatic rings. The molecule has 0 saturated carbocycles. The Kier molecular flexibility index (Phi) is 6.22. The van der Waals surface area contributed by atoms with E-state index in [1.54, 1.807) is 7.11 Å². The number of hydrogen-bond donors (Lipinski definition) is 0. The van der Waals surface area contributed by atoms with Gasteiger partial charge in [-0.25, -0.2) is 0 Å². The van der Waals surface area contributed by atoms with Crippen molar-refractivity contribution < 1.29 is 14.3 Å². The van der Waals surface area contributed by atoms with Crippen LogP contribution in [0.25, 0.3) is 0 Å². The molecule has 0 heterocycles. The van der Waals surface area contributed by atoms with Gasteiger partial charge in [-0.1, -0.05) is 12.1 Å². The second-order valence-corrected chi connectivity index (χ2v) is 4.14. The smallest absolute Gasteiger partial charge is 0.307 e. The van der Waals surface area contributed by atoms with Gasteiger partial charge in [0.1, 0.15) is 5.75 Å². The molecular formula is C14H21NO3. The van der Waals surface area contributed by atoms with Crippen molar-refractivity contribution in [2.45, 2.75) is 19.9 Å². The third kappa shape index (κ3) is 5.19. The maximum absolute atomic E-state index is 11.2. The Labute approximate surface area is 108 Å². The van der Waals surface area contributed by atoms with Gasteiger partial charge in [-0.3, -0.25) is 4.79 Å². The number of ether oxygens (including phenoxy) is 2. The van der Waals surface area contributed by atoms with E-state index in [0.717, 1.165) is 12.3 Å². The summed E-state index contributed by atoms with van der Waals surface area (Å²) in [5.41, 5.74) is 1.20. The molecule has 0 bridgehead atoms. The number of rotatable bonds is 7. The molecule has 0 spiro atoms. The molecule has 0 radical (unpaired) electrons. The van der Waals surface area contributed by atoms with Crippen LogP contribution >= 0.6 is 0 Å². The predicted octanol–water partition coefficient (Wildman–Crippen LogP) is 2.08. The van der Waals surface area contributed by atoms with Gasteiger partial charge >= 0.3 is 5.97 Å². The maximum atomic E-state index is 11.2. The van der Waals surface area contributed by atoms with Crippen molar-refractivity contribution in [2.75, 3.05) is 27.3 Å². The number of benzene rings is 1. The van der Waals surface area contributed by atoms with Crippen LogP contribution in [0.5, 0.6) is 5.75 Å². The van der Waals surface area contributed by atoms with E-state index in [4.69, 9.17) is 9.47 Å². The molecule has 0 atom stereocenters. The minimum atomic E-state index is -0.140. The van der Waals surface area contributed by atoms with Crippen LogP contribution in [0.2, 0.25) is 0 Å². The van der Waals surface area contributed by atoms with Crippen molar-refractivity contribution in [3.05, 3.63) is 29.8 Å². The van der Waals surface area contributed by atoms with E-state index in [1.165, 1.54) is 5.56 Å². The molecule has 18 heavy (non-hydrogen) atoms. The summed E-state index contributed by atoms with van der Waals surface area (Å²) in [6, 6.07) is 7.93. The van der Waals surface area contributed by atoms with Crippen molar-refractivity contribution >= 4 is 5.97 Å². The highest BCUT2D eigenvalue weighted by Gasteiger charge is 2.05. The fourth-order valence-corrected chi connectivity index (χ4v) is 1.64. The molecule has 0 aliphatic heterocycles. The molecule has 0 N–H and O–H groups in total. The monoisotopic (exact) mass is 251 g/mol. The summed E-state index contributed by atoms with van der Waals surface area (Å²) < 4.78 is 10.00. The summed E-state index contributed by atoms with van der Waals surface area (Å²) in [7, 11) is 3.64. The van der Waals surface area contributed by atoms with Crippen molar-refractivity contribution in [1.29, 1.82) is 0 Å². The lowest BCUT2D eigenvalue weighted by atomic mass is 10.2. The average Bonchev–Trinajstić information content (AvgIpc) is 2.38. The molecule has 0 unspecified atom stereocenters. The summed E-state index contributed by atoms with van der Waals surface area (Å²) in [5, 5.41) is 0. The fourth-order valence-electron chi connectivity index (χ4n) is 1.64. The number of hydrogen-bond acceptors (Lipinski definition) is 4. The summed E-state index contributed by atoms with van der Waals surface area (Å²) in [4.78, 5) is 13.3. The average molecular weight is 251 g/mol. The highest BCUT2D eigenvalue weighted by molar-refractivity contribution is 5.69. The van der Waals surface area contributed by atoms with Gasteiger partial charge in [-0.15, -0.1) is 0 Å². The van der Waals surface area contributed by atoms with E-state index in [2.05, 4.69) is 4.90 Å². The third-order valence-electron chi connectivity index (χ3n) is 2.61. The van der Waals surface area contributed by atoms with Gasteiger partial charge in [-0.2, -0.15) is 0 Å². The molecule has 0 saturated heterocycles. The Morgan fingerprint density at radius 3 is 2.50 bits per heavy atom. The van der Waals surface area contributed by atoms with Crippen molar-refractivity contribution in [2.24, 2.45) is 0 Å². The van der Waals surface area contributed by atoms with Gasteiger partial charge in [0.2, 0.25) is 0 Å². The van der Waals surface area contributed by atoms with Crippen LogP contribution in [-0.4, -0.2) is 38.2 Å². The Hall–Kier alpha value is -1.55. The van der Waals surface area contributed by atoms with Crippen LogP contribution in [0.1, 0.15) is 18.9 Å². The van der Waals surface area contributed by atoms with E-state index in [-0.39, 0.29) is 5.97 Å². The molecule has 4 nitrogen and oxygen atoms in total. The van der Waals surface area contributed by atoms with Crippen LogP contribution in [0, 0.1) is 0 Å². The van der Waals surface area contributed by atoms with Gasteiger partial charge in [0.25, 0.3) is 0 Å². The van der Waals surface area contributed by atoms with Gasteiger partial charge in [0.15, 0.2) is 0 Å². The Morgan fingerprint density at radius 1 is 1.28 bits per heavy atom. The van der Waals surface area contributed by atoms with E-state index in [9.17, 15) is 4.79 Å². The van der Waals surface area contributed by atoms with Gasteiger partial charge in [-0.05, 0) is 31.7 Å². The van der Waals surface area contributed by atoms with E-state index in [1.807, 2.05) is 38.2 Å². The summed E-state index contributed by atoms with van der Waals surface area (Å²) >= 11 is 0. The Morgan fingerprint density at radius 2 is 1.94 bits per heavy atom. The standard InChI is InChI=1S/C14H21NO3/c1-4-18-14(16)9-10-15(2)11-12-5-7-13(17-3)8-6-12/h5-8H,4,9-11H2,1-3H3. The minimum absolute atomic E-state index is 0.140. The second-order valence-electron chi connectivity index (χ2n) is 4.14. The first-order valence-electron chi connectivity index (χ1n) is 6.12. The van der Waals surface area contributed by atoms with E-state index < -0.39 is 0 Å². The highest BCUT2D eigenvalue weighted by atomic mass is 16.5. The first-order chi connectivity index (χ1) is 8.65. The molecule has 0 amide bonds. The SMILES string of the molecule is CCOC(=O)CCN(C)Cc1ccc(OC)cc1. The molecule has 1 rings (SSSR count). The van der Waals surface area contributed by atoms with Crippen LogP contribution in [-0.2, 0) is 16.1 Å². The lowest BCUT2D eigenvalue weighted by Gasteiger charge is -2.16. The fraction of sp³-hybridized carbons (Fsp3) is 0.500. The third-order valence-corrected chi connectivity index (χ3v) is 2.61. The summed E-state index contributed by atoms with van der Waals surface area (Å²) in [6.45, 7) is 3.77. The number of methoxy groups -OCH3 is 1. The number of carbonyl (C=O) groups excluding carboxylic acids is 1. The topological polar surface area (TPSA) is 38.8 Å². The lowest BCUT2D eigenvalue weighted by molar-refractivity contribution is -0.143.